The molecule has 5 heteroatoms. The molecule has 0 aliphatic carbocycles. The van der Waals surface area contributed by atoms with Gasteiger partial charge in [-0.15, -0.1) is 0 Å². The number of hydrogen-bond donors (Lipinski definition) is 1. The Morgan fingerprint density at radius 3 is 2.32 bits per heavy atom. The Labute approximate surface area is 199 Å². The highest BCUT2D eigenvalue weighted by molar-refractivity contribution is 6.11. The third-order valence-corrected chi connectivity index (χ3v) is 5.80. The van der Waals surface area contributed by atoms with Crippen LogP contribution in [0.5, 0.6) is 11.5 Å². The first-order valence-electron chi connectivity index (χ1n) is 11.3. The first-order valence-corrected chi connectivity index (χ1v) is 11.3. The van der Waals surface area contributed by atoms with Gasteiger partial charge in [-0.25, -0.2) is 0 Å². The van der Waals surface area contributed by atoms with Crippen molar-refractivity contribution in [2.75, 3.05) is 11.4 Å². The van der Waals surface area contributed by atoms with Crippen molar-refractivity contribution in [3.05, 3.63) is 102 Å². The fourth-order valence-corrected chi connectivity index (χ4v) is 4.03. The van der Waals surface area contributed by atoms with Gasteiger partial charge in [0, 0.05) is 23.9 Å². The number of fused-ring (bicyclic) bond motifs is 1. The maximum absolute atomic E-state index is 13.9. The number of aryl methyl sites for hydroxylation is 2. The lowest BCUT2D eigenvalue weighted by molar-refractivity contribution is -0.136. The summed E-state index contributed by atoms with van der Waals surface area (Å²) < 4.78 is 6.01. The van der Waals surface area contributed by atoms with Gasteiger partial charge in [0.2, 0.25) is 0 Å². The number of aliphatic carboxylic acids is 1. The average Bonchev–Trinajstić information content (AvgIpc) is 2.85. The summed E-state index contributed by atoms with van der Waals surface area (Å²) in [5.41, 5.74) is 3.07. The Bertz CT molecular complexity index is 1320. The predicted molar refractivity (Wildman–Crippen MR) is 135 cm³/mol. The first-order chi connectivity index (χ1) is 16.5. The Balaban J connectivity index is 1.74. The molecule has 0 aromatic heterocycles. The summed E-state index contributed by atoms with van der Waals surface area (Å²) in [5.74, 6) is 0.109. The molecule has 0 aliphatic heterocycles. The molecule has 4 aromatic rings. The molecule has 4 rings (SSSR count). The van der Waals surface area contributed by atoms with E-state index < -0.39 is 5.97 Å². The number of carbonyl (C=O) groups excluding carboxylic acids is 1. The van der Waals surface area contributed by atoms with Crippen molar-refractivity contribution in [3.8, 4) is 11.5 Å². The molecule has 0 saturated carbocycles. The zero-order valence-corrected chi connectivity index (χ0v) is 19.3. The molecule has 0 radical (unpaired) electrons. The summed E-state index contributed by atoms with van der Waals surface area (Å²) in [6.07, 6.45) is 0.202. The SMILES string of the molecule is CCN(C(=O)c1cc(Oc2ccc(C)cc2)ccc1CCC(=O)O)c1cccc2ccccc12. The summed E-state index contributed by atoms with van der Waals surface area (Å²) in [5, 5.41) is 11.2. The van der Waals surface area contributed by atoms with Crippen molar-refractivity contribution in [1.82, 2.24) is 0 Å². The fraction of sp³-hybridized carbons (Fsp3) is 0.172. The van der Waals surface area contributed by atoms with E-state index in [1.54, 1.807) is 23.1 Å². The van der Waals surface area contributed by atoms with Gasteiger partial charge in [-0.1, -0.05) is 60.2 Å². The maximum atomic E-state index is 13.9. The van der Waals surface area contributed by atoms with Crippen LogP contribution in [0.25, 0.3) is 10.8 Å². The molecular weight excluding hydrogens is 426 g/mol. The van der Waals surface area contributed by atoms with Gasteiger partial charge in [0.25, 0.3) is 5.91 Å². The first kappa shape index (κ1) is 23.1. The molecule has 0 heterocycles. The maximum Gasteiger partial charge on any atom is 0.303 e. The van der Waals surface area contributed by atoms with Gasteiger partial charge < -0.3 is 14.7 Å². The highest BCUT2D eigenvalue weighted by Gasteiger charge is 2.22. The van der Waals surface area contributed by atoms with E-state index in [9.17, 15) is 14.7 Å². The number of ether oxygens (including phenoxy) is 1. The molecule has 0 aliphatic rings. The van der Waals surface area contributed by atoms with Crippen LogP contribution in [0, 0.1) is 6.92 Å². The Kier molecular flexibility index (Phi) is 6.93. The summed E-state index contributed by atoms with van der Waals surface area (Å²) >= 11 is 0. The van der Waals surface area contributed by atoms with Crippen LogP contribution < -0.4 is 9.64 Å². The number of carbonyl (C=O) groups is 2. The summed E-state index contributed by atoms with van der Waals surface area (Å²) in [7, 11) is 0. The summed E-state index contributed by atoms with van der Waals surface area (Å²) in [6, 6.07) is 26.8. The topological polar surface area (TPSA) is 66.8 Å². The number of benzene rings is 4. The minimum absolute atomic E-state index is 0.0567. The van der Waals surface area contributed by atoms with Crippen molar-refractivity contribution in [3.63, 3.8) is 0 Å². The molecule has 0 fully saturated rings. The minimum atomic E-state index is -0.903. The molecule has 4 aromatic carbocycles. The molecule has 0 spiro atoms. The van der Waals surface area contributed by atoms with E-state index in [0.717, 1.165) is 22.0 Å². The van der Waals surface area contributed by atoms with Crippen molar-refractivity contribution < 1.29 is 19.4 Å². The van der Waals surface area contributed by atoms with Gasteiger partial charge in [0.1, 0.15) is 11.5 Å². The van der Waals surface area contributed by atoms with E-state index in [0.29, 0.717) is 29.2 Å². The monoisotopic (exact) mass is 453 g/mol. The fourth-order valence-electron chi connectivity index (χ4n) is 4.03. The van der Waals surface area contributed by atoms with Gasteiger partial charge in [-0.2, -0.15) is 0 Å². The normalized spacial score (nSPS) is 10.8. The van der Waals surface area contributed by atoms with Crippen molar-refractivity contribution in [1.29, 1.82) is 0 Å². The smallest absolute Gasteiger partial charge is 0.303 e. The highest BCUT2D eigenvalue weighted by atomic mass is 16.5. The van der Waals surface area contributed by atoms with Gasteiger partial charge in [-0.3, -0.25) is 9.59 Å². The van der Waals surface area contributed by atoms with Crippen LogP contribution in [0.4, 0.5) is 5.69 Å². The van der Waals surface area contributed by atoms with E-state index in [1.807, 2.05) is 80.6 Å². The third kappa shape index (κ3) is 5.09. The standard InChI is InChI=1S/C29H27NO4/c1-3-30(27-10-6-8-21-7-4-5-9-25(21)27)29(33)26-19-24(17-13-22(26)14-18-28(31)32)34-23-15-11-20(2)12-16-23/h4-13,15-17,19H,3,14,18H2,1-2H3,(H,31,32). The molecule has 1 amide bonds. The zero-order chi connectivity index (χ0) is 24.1. The number of hydrogen-bond acceptors (Lipinski definition) is 3. The van der Waals surface area contributed by atoms with Crippen LogP contribution in [0.1, 0.15) is 34.8 Å². The largest absolute Gasteiger partial charge is 0.481 e. The number of anilines is 1. The molecule has 0 saturated heterocycles. The average molecular weight is 454 g/mol. The number of carboxylic acid groups (broad SMARTS) is 1. The van der Waals surface area contributed by atoms with Crippen LogP contribution >= 0.6 is 0 Å². The second kappa shape index (κ2) is 10.2. The summed E-state index contributed by atoms with van der Waals surface area (Å²) in [6.45, 7) is 4.40. The lowest BCUT2D eigenvalue weighted by Crippen LogP contribution is -2.31. The Morgan fingerprint density at radius 2 is 1.59 bits per heavy atom. The van der Waals surface area contributed by atoms with Crippen LogP contribution in [0.15, 0.2) is 84.9 Å². The molecule has 0 bridgehead atoms. The number of carboxylic acids is 1. The second-order valence-electron chi connectivity index (χ2n) is 8.18. The van der Waals surface area contributed by atoms with Gasteiger partial charge in [0.15, 0.2) is 0 Å². The quantitative estimate of drug-likeness (QED) is 0.325. The number of rotatable bonds is 8. The molecular formula is C29H27NO4. The van der Waals surface area contributed by atoms with Gasteiger partial charge >= 0.3 is 5.97 Å². The minimum Gasteiger partial charge on any atom is -0.481 e. The second-order valence-corrected chi connectivity index (χ2v) is 8.18. The summed E-state index contributed by atoms with van der Waals surface area (Å²) in [4.78, 5) is 26.8. The van der Waals surface area contributed by atoms with E-state index in [4.69, 9.17) is 4.74 Å². The third-order valence-electron chi connectivity index (χ3n) is 5.80. The van der Waals surface area contributed by atoms with Crippen molar-refractivity contribution in [2.45, 2.75) is 26.7 Å². The predicted octanol–water partition coefficient (Wildman–Crippen LogP) is 6.62. The van der Waals surface area contributed by atoms with Crippen molar-refractivity contribution >= 4 is 28.3 Å². The van der Waals surface area contributed by atoms with E-state index in [-0.39, 0.29) is 18.7 Å². The van der Waals surface area contributed by atoms with Gasteiger partial charge in [0.05, 0.1) is 5.69 Å². The van der Waals surface area contributed by atoms with E-state index in [1.165, 1.54) is 0 Å². The van der Waals surface area contributed by atoms with Crippen LogP contribution in [0.3, 0.4) is 0 Å². The number of nitrogens with zero attached hydrogens (tertiary/aromatic N) is 1. The molecule has 5 nitrogen and oxygen atoms in total. The van der Waals surface area contributed by atoms with E-state index >= 15 is 0 Å². The van der Waals surface area contributed by atoms with Crippen LogP contribution in [-0.4, -0.2) is 23.5 Å². The molecule has 0 unspecified atom stereocenters. The lowest BCUT2D eigenvalue weighted by atomic mass is 10.00. The Hall–Kier alpha value is -4.12. The molecule has 1 N–H and O–H groups in total. The van der Waals surface area contributed by atoms with Gasteiger partial charge in [-0.05, 0) is 61.5 Å². The van der Waals surface area contributed by atoms with Crippen LogP contribution in [-0.2, 0) is 11.2 Å². The molecule has 172 valence electrons. The molecule has 0 atom stereocenters. The lowest BCUT2D eigenvalue weighted by Gasteiger charge is -2.24. The van der Waals surface area contributed by atoms with Crippen molar-refractivity contribution in [2.24, 2.45) is 0 Å². The number of amides is 1. The molecule has 34 heavy (non-hydrogen) atoms. The zero-order valence-electron chi connectivity index (χ0n) is 19.3. The highest BCUT2D eigenvalue weighted by Crippen LogP contribution is 2.31. The van der Waals surface area contributed by atoms with E-state index in [2.05, 4.69) is 0 Å². The Morgan fingerprint density at radius 1 is 0.882 bits per heavy atom. The van der Waals surface area contributed by atoms with Crippen LogP contribution in [0.2, 0.25) is 0 Å².